The number of benzene rings is 1. The summed E-state index contributed by atoms with van der Waals surface area (Å²) in [5.74, 6) is 0.889. The number of halogens is 1. The molecule has 0 bridgehead atoms. The van der Waals surface area contributed by atoms with Crippen molar-refractivity contribution in [1.82, 2.24) is 0 Å². The normalized spacial score (nSPS) is 20.6. The molecule has 0 aliphatic carbocycles. The van der Waals surface area contributed by atoms with Crippen LogP contribution in [-0.2, 0) is 4.74 Å². The van der Waals surface area contributed by atoms with Gasteiger partial charge in [0.2, 0.25) is 0 Å². The van der Waals surface area contributed by atoms with Crippen LogP contribution in [0.3, 0.4) is 0 Å². The quantitative estimate of drug-likeness (QED) is 0.741. The van der Waals surface area contributed by atoms with Crippen molar-refractivity contribution in [1.29, 1.82) is 0 Å². The van der Waals surface area contributed by atoms with Crippen LogP contribution in [0.5, 0.6) is 5.75 Å². The van der Waals surface area contributed by atoms with E-state index < -0.39 is 0 Å². The Morgan fingerprint density at radius 2 is 2.42 bits per heavy atom. The lowest BCUT2D eigenvalue weighted by Crippen LogP contribution is -2.03. The number of rotatable bonds is 3. The summed E-state index contributed by atoms with van der Waals surface area (Å²) in [6.45, 7) is 1.50. The van der Waals surface area contributed by atoms with Crippen molar-refractivity contribution in [3.05, 3.63) is 28.7 Å². The van der Waals surface area contributed by atoms with Gasteiger partial charge in [0.05, 0.1) is 6.61 Å². The molecule has 64 valence electrons. The van der Waals surface area contributed by atoms with Crippen LogP contribution in [0.25, 0.3) is 0 Å². The first kappa shape index (κ1) is 8.08. The lowest BCUT2D eigenvalue weighted by atomic mass is 10.3. The lowest BCUT2D eigenvalue weighted by molar-refractivity contribution is 0.263. The van der Waals surface area contributed by atoms with Gasteiger partial charge in [-0.15, -0.1) is 0 Å². The van der Waals surface area contributed by atoms with E-state index in [1.54, 1.807) is 0 Å². The summed E-state index contributed by atoms with van der Waals surface area (Å²) < 4.78 is 11.5. The van der Waals surface area contributed by atoms with Gasteiger partial charge >= 0.3 is 0 Å². The van der Waals surface area contributed by atoms with Gasteiger partial charge in [0.25, 0.3) is 0 Å². The van der Waals surface area contributed by atoms with Gasteiger partial charge < -0.3 is 9.47 Å². The van der Waals surface area contributed by atoms with Gasteiger partial charge in [-0.05, 0) is 18.2 Å². The molecule has 0 aromatic heterocycles. The van der Waals surface area contributed by atoms with Crippen LogP contribution in [0.1, 0.15) is 0 Å². The zero-order chi connectivity index (χ0) is 8.39. The Morgan fingerprint density at radius 3 is 3.08 bits per heavy atom. The molecule has 0 unspecified atom stereocenters. The number of hydrogen-bond acceptors (Lipinski definition) is 2. The highest BCUT2D eigenvalue weighted by Crippen LogP contribution is 2.19. The minimum atomic E-state index is 0.323. The Bertz CT molecular complexity index is 271. The van der Waals surface area contributed by atoms with E-state index in [1.165, 1.54) is 0 Å². The monoisotopic (exact) mass is 228 g/mol. The second kappa shape index (κ2) is 3.46. The molecule has 0 spiro atoms. The van der Waals surface area contributed by atoms with Gasteiger partial charge in [0.15, 0.2) is 0 Å². The van der Waals surface area contributed by atoms with Crippen molar-refractivity contribution in [3.63, 3.8) is 0 Å². The first-order valence-electron chi connectivity index (χ1n) is 3.84. The maximum atomic E-state index is 5.46. The molecule has 1 atom stereocenters. The van der Waals surface area contributed by atoms with Crippen molar-refractivity contribution in [2.45, 2.75) is 6.10 Å². The summed E-state index contributed by atoms with van der Waals surface area (Å²) in [5.41, 5.74) is 0. The highest BCUT2D eigenvalue weighted by molar-refractivity contribution is 9.10. The van der Waals surface area contributed by atoms with Gasteiger partial charge in [0, 0.05) is 4.47 Å². The first-order chi connectivity index (χ1) is 5.84. The van der Waals surface area contributed by atoms with E-state index in [0.29, 0.717) is 12.7 Å². The van der Waals surface area contributed by atoms with Gasteiger partial charge in [-0.2, -0.15) is 0 Å². The van der Waals surface area contributed by atoms with Gasteiger partial charge in [0.1, 0.15) is 18.5 Å². The highest BCUT2D eigenvalue weighted by Gasteiger charge is 2.22. The predicted octanol–water partition coefficient (Wildman–Crippen LogP) is 2.23. The maximum absolute atomic E-state index is 5.46. The van der Waals surface area contributed by atoms with E-state index in [1.807, 2.05) is 24.3 Å². The van der Waals surface area contributed by atoms with Crippen LogP contribution in [0, 0.1) is 0 Å². The minimum Gasteiger partial charge on any atom is -0.491 e. The average Bonchev–Trinajstić information content (AvgIpc) is 2.84. The van der Waals surface area contributed by atoms with Crippen molar-refractivity contribution >= 4 is 15.9 Å². The van der Waals surface area contributed by atoms with Gasteiger partial charge in [-0.3, -0.25) is 0 Å². The van der Waals surface area contributed by atoms with Crippen molar-refractivity contribution in [3.8, 4) is 5.75 Å². The molecule has 0 radical (unpaired) electrons. The molecule has 1 aliphatic heterocycles. The second-order valence-electron chi connectivity index (χ2n) is 2.72. The summed E-state index contributed by atoms with van der Waals surface area (Å²) >= 11 is 3.37. The van der Waals surface area contributed by atoms with E-state index in [4.69, 9.17) is 9.47 Å². The van der Waals surface area contributed by atoms with Crippen LogP contribution in [0.4, 0.5) is 0 Å². The molecule has 0 saturated carbocycles. The summed E-state index contributed by atoms with van der Waals surface area (Å²) in [6, 6.07) is 7.81. The Hall–Kier alpha value is -0.540. The second-order valence-corrected chi connectivity index (χ2v) is 3.64. The van der Waals surface area contributed by atoms with Crippen molar-refractivity contribution in [2.24, 2.45) is 0 Å². The number of epoxide rings is 1. The molecule has 0 N–H and O–H groups in total. The lowest BCUT2D eigenvalue weighted by Gasteiger charge is -2.03. The molecule has 2 rings (SSSR count). The van der Waals surface area contributed by atoms with Crippen molar-refractivity contribution in [2.75, 3.05) is 13.2 Å². The van der Waals surface area contributed by atoms with E-state index in [0.717, 1.165) is 16.8 Å². The largest absolute Gasteiger partial charge is 0.491 e. The Balaban J connectivity index is 1.92. The van der Waals surface area contributed by atoms with Gasteiger partial charge in [-0.25, -0.2) is 0 Å². The Labute approximate surface area is 79.6 Å². The average molecular weight is 229 g/mol. The third-order valence-corrected chi connectivity index (χ3v) is 2.13. The number of ether oxygens (including phenoxy) is 2. The fraction of sp³-hybridized carbons (Fsp3) is 0.333. The smallest absolute Gasteiger partial charge is 0.120 e. The molecule has 1 heterocycles. The van der Waals surface area contributed by atoms with Crippen LogP contribution in [0.2, 0.25) is 0 Å². The predicted molar refractivity (Wildman–Crippen MR) is 49.4 cm³/mol. The number of hydrogen-bond donors (Lipinski definition) is 0. The van der Waals surface area contributed by atoms with E-state index in [2.05, 4.69) is 15.9 Å². The molecule has 1 fully saturated rings. The van der Waals surface area contributed by atoms with Crippen LogP contribution in [-0.4, -0.2) is 19.3 Å². The molecule has 3 heteroatoms. The maximum Gasteiger partial charge on any atom is 0.120 e. The zero-order valence-electron chi connectivity index (χ0n) is 6.50. The highest BCUT2D eigenvalue weighted by atomic mass is 79.9. The molecule has 1 aromatic rings. The molecule has 12 heavy (non-hydrogen) atoms. The standard InChI is InChI=1S/C9H9BrO2/c10-7-2-1-3-8(4-7)11-5-9-6-12-9/h1-4,9H,5-6H2/t9-/m1/s1. The van der Waals surface area contributed by atoms with Crippen LogP contribution < -0.4 is 4.74 Å². The summed E-state index contributed by atoms with van der Waals surface area (Å²) in [5, 5.41) is 0. The molecular weight excluding hydrogens is 220 g/mol. The topological polar surface area (TPSA) is 21.8 Å². The molecule has 1 aliphatic rings. The minimum absolute atomic E-state index is 0.323. The van der Waals surface area contributed by atoms with Crippen LogP contribution in [0.15, 0.2) is 28.7 Å². The molecule has 0 amide bonds. The zero-order valence-corrected chi connectivity index (χ0v) is 8.08. The first-order valence-corrected chi connectivity index (χ1v) is 4.64. The fourth-order valence-corrected chi connectivity index (χ4v) is 1.29. The molecule has 1 aromatic carbocycles. The van der Waals surface area contributed by atoms with Crippen LogP contribution >= 0.6 is 15.9 Å². The van der Waals surface area contributed by atoms with E-state index >= 15 is 0 Å². The Kier molecular flexibility index (Phi) is 2.33. The third-order valence-electron chi connectivity index (χ3n) is 1.63. The van der Waals surface area contributed by atoms with E-state index in [9.17, 15) is 0 Å². The van der Waals surface area contributed by atoms with Crippen molar-refractivity contribution < 1.29 is 9.47 Å². The molecule has 2 nitrogen and oxygen atoms in total. The fourth-order valence-electron chi connectivity index (χ4n) is 0.910. The summed E-state index contributed by atoms with van der Waals surface area (Å²) in [7, 11) is 0. The molecular formula is C9H9BrO2. The van der Waals surface area contributed by atoms with Gasteiger partial charge in [-0.1, -0.05) is 22.0 Å². The summed E-state index contributed by atoms with van der Waals surface area (Å²) in [4.78, 5) is 0. The Morgan fingerprint density at radius 1 is 1.58 bits per heavy atom. The SMILES string of the molecule is Brc1cccc(OC[C@@H]2CO2)c1. The molecule has 1 saturated heterocycles. The third kappa shape index (κ3) is 2.22. The summed E-state index contributed by atoms with van der Waals surface area (Å²) in [6.07, 6.45) is 0.323. The van der Waals surface area contributed by atoms with E-state index in [-0.39, 0.29) is 0 Å².